The van der Waals surface area contributed by atoms with Crippen LogP contribution in [0.15, 0.2) is 48.5 Å². The molecule has 0 bridgehead atoms. The van der Waals surface area contributed by atoms with Crippen LogP contribution in [0.4, 0.5) is 14.7 Å². The van der Waals surface area contributed by atoms with Gasteiger partial charge in [-0.1, -0.05) is 18.2 Å². The number of anilines is 1. The Balaban J connectivity index is 1.68. The molecular formula is C21H20F2N4O4. The highest BCUT2D eigenvalue weighted by Gasteiger charge is 2.12. The zero-order valence-corrected chi connectivity index (χ0v) is 16.8. The Morgan fingerprint density at radius 3 is 2.74 bits per heavy atom. The van der Waals surface area contributed by atoms with Crippen LogP contribution >= 0.6 is 0 Å². The first-order chi connectivity index (χ1) is 15.0. The van der Waals surface area contributed by atoms with Crippen molar-refractivity contribution >= 4 is 17.9 Å². The van der Waals surface area contributed by atoms with Gasteiger partial charge in [-0.15, -0.1) is 5.10 Å². The summed E-state index contributed by atoms with van der Waals surface area (Å²) in [5.41, 5.74) is 1.26. The van der Waals surface area contributed by atoms with Gasteiger partial charge in [0.2, 0.25) is 5.95 Å². The molecule has 10 heteroatoms. The van der Waals surface area contributed by atoms with Crippen LogP contribution in [0.5, 0.6) is 17.2 Å². The van der Waals surface area contributed by atoms with E-state index in [-0.39, 0.29) is 24.1 Å². The van der Waals surface area contributed by atoms with Gasteiger partial charge in [0.05, 0.1) is 19.3 Å². The fourth-order valence-corrected chi connectivity index (χ4v) is 2.69. The second-order valence-corrected chi connectivity index (χ2v) is 6.05. The summed E-state index contributed by atoms with van der Waals surface area (Å²) in [5.74, 6) is 0.736. The predicted molar refractivity (Wildman–Crippen MR) is 110 cm³/mol. The van der Waals surface area contributed by atoms with Crippen molar-refractivity contribution in [3.63, 3.8) is 0 Å². The summed E-state index contributed by atoms with van der Waals surface area (Å²) in [7, 11) is 1.55. The number of carbonyl (C=O) groups is 1. The Morgan fingerprint density at radius 1 is 1.19 bits per heavy atom. The molecule has 1 amide bonds. The number of aromatic nitrogens is 3. The number of benzene rings is 2. The standard InChI is InChI=1S/C21H20F2N4O4/c1-3-30-17-12-13(8-10-16(17)31-20(22)23)9-11-18(28)24-21-25-19(26-27-21)14-6-4-5-7-15(14)29-2/h4-12,20H,3H2,1-2H3,(H2,24,25,26,27,28)/b11-9-. The summed E-state index contributed by atoms with van der Waals surface area (Å²) in [6.45, 7) is -0.973. The summed E-state index contributed by atoms with van der Waals surface area (Å²) in [6.07, 6.45) is 2.76. The number of hydrogen-bond acceptors (Lipinski definition) is 6. The van der Waals surface area contributed by atoms with E-state index >= 15 is 0 Å². The quantitative estimate of drug-likeness (QED) is 0.496. The second kappa shape index (κ2) is 10.2. The third kappa shape index (κ3) is 5.78. The number of amides is 1. The molecule has 0 aliphatic rings. The number of methoxy groups -OCH3 is 1. The minimum Gasteiger partial charge on any atom is -0.496 e. The van der Waals surface area contributed by atoms with E-state index in [1.807, 2.05) is 18.2 Å². The first kappa shape index (κ1) is 21.8. The number of hydrogen-bond donors (Lipinski definition) is 2. The van der Waals surface area contributed by atoms with E-state index < -0.39 is 12.5 Å². The fraction of sp³-hybridized carbons (Fsp3) is 0.190. The van der Waals surface area contributed by atoms with E-state index in [0.29, 0.717) is 22.7 Å². The third-order valence-corrected chi connectivity index (χ3v) is 3.99. The van der Waals surface area contributed by atoms with E-state index in [4.69, 9.17) is 9.47 Å². The minimum atomic E-state index is -2.96. The maximum atomic E-state index is 12.5. The Labute approximate surface area is 176 Å². The molecule has 2 N–H and O–H groups in total. The lowest BCUT2D eigenvalue weighted by Crippen LogP contribution is -2.09. The van der Waals surface area contributed by atoms with Crippen LogP contribution in [0.2, 0.25) is 0 Å². The molecule has 162 valence electrons. The topological polar surface area (TPSA) is 98.4 Å². The Kier molecular flexibility index (Phi) is 7.15. The van der Waals surface area contributed by atoms with Crippen LogP contribution in [-0.2, 0) is 4.79 Å². The molecule has 3 rings (SSSR count). The summed E-state index contributed by atoms with van der Waals surface area (Å²) in [6, 6.07) is 11.6. The molecule has 0 saturated heterocycles. The first-order valence-corrected chi connectivity index (χ1v) is 9.26. The van der Waals surface area contributed by atoms with Gasteiger partial charge >= 0.3 is 6.61 Å². The summed E-state index contributed by atoms with van der Waals surface area (Å²) >= 11 is 0. The monoisotopic (exact) mass is 430 g/mol. The SMILES string of the molecule is CCOc1cc(/C=C\C(=O)Nc2n[nH]c(-c3ccccc3OC)n2)ccc1OC(F)F. The maximum Gasteiger partial charge on any atom is 0.387 e. The van der Waals surface area contributed by atoms with Crippen LogP contribution in [0.3, 0.4) is 0 Å². The Hall–Kier alpha value is -3.95. The number of para-hydroxylation sites is 1. The van der Waals surface area contributed by atoms with Gasteiger partial charge < -0.3 is 14.2 Å². The van der Waals surface area contributed by atoms with Gasteiger partial charge in [-0.2, -0.15) is 13.8 Å². The fourth-order valence-electron chi connectivity index (χ4n) is 2.69. The van der Waals surface area contributed by atoms with Crippen molar-refractivity contribution in [2.45, 2.75) is 13.5 Å². The van der Waals surface area contributed by atoms with Gasteiger partial charge in [0.15, 0.2) is 17.3 Å². The van der Waals surface area contributed by atoms with Crippen molar-refractivity contribution in [1.82, 2.24) is 15.2 Å². The Morgan fingerprint density at radius 2 is 2.00 bits per heavy atom. The molecule has 0 atom stereocenters. The third-order valence-electron chi connectivity index (χ3n) is 3.99. The highest BCUT2D eigenvalue weighted by Crippen LogP contribution is 2.30. The lowest BCUT2D eigenvalue weighted by Gasteiger charge is -2.11. The van der Waals surface area contributed by atoms with Gasteiger partial charge in [-0.25, -0.2) is 0 Å². The minimum absolute atomic E-state index is 0.0805. The van der Waals surface area contributed by atoms with Gasteiger partial charge in [0, 0.05) is 6.08 Å². The molecule has 31 heavy (non-hydrogen) atoms. The molecular weight excluding hydrogens is 410 g/mol. The molecule has 1 aromatic heterocycles. The summed E-state index contributed by atoms with van der Waals surface area (Å²) in [5, 5.41) is 9.26. The van der Waals surface area contributed by atoms with E-state index in [1.54, 1.807) is 20.1 Å². The largest absolute Gasteiger partial charge is 0.496 e. The number of alkyl halides is 2. The normalized spacial score (nSPS) is 11.0. The van der Waals surface area contributed by atoms with Gasteiger partial charge in [-0.05, 0) is 42.8 Å². The number of carbonyl (C=O) groups excluding carboxylic acids is 1. The van der Waals surface area contributed by atoms with E-state index in [2.05, 4.69) is 25.2 Å². The zero-order chi connectivity index (χ0) is 22.2. The van der Waals surface area contributed by atoms with Gasteiger partial charge in [0.1, 0.15) is 5.75 Å². The molecule has 3 aromatic rings. The predicted octanol–water partition coefficient (Wildman–Crippen LogP) is 4.13. The number of halogens is 2. The first-order valence-electron chi connectivity index (χ1n) is 9.26. The zero-order valence-electron chi connectivity index (χ0n) is 16.8. The van der Waals surface area contributed by atoms with Crippen molar-refractivity contribution in [2.24, 2.45) is 0 Å². The van der Waals surface area contributed by atoms with Crippen molar-refractivity contribution in [2.75, 3.05) is 19.0 Å². The Bertz CT molecular complexity index is 1070. The number of nitrogens with zero attached hydrogens (tertiary/aromatic N) is 2. The number of rotatable bonds is 9. The average Bonchev–Trinajstić information content (AvgIpc) is 3.22. The van der Waals surface area contributed by atoms with Crippen molar-refractivity contribution < 1.29 is 27.8 Å². The smallest absolute Gasteiger partial charge is 0.387 e. The van der Waals surface area contributed by atoms with Gasteiger partial charge in [-0.3, -0.25) is 15.2 Å². The molecule has 0 saturated carbocycles. The van der Waals surface area contributed by atoms with E-state index in [1.165, 1.54) is 30.4 Å². The highest BCUT2D eigenvalue weighted by molar-refractivity contribution is 6.01. The number of H-pyrrole nitrogens is 1. The van der Waals surface area contributed by atoms with E-state index in [0.717, 1.165) is 0 Å². The molecule has 0 aliphatic carbocycles. The number of ether oxygens (including phenoxy) is 3. The van der Waals surface area contributed by atoms with Gasteiger partial charge in [0.25, 0.3) is 5.91 Å². The number of nitrogens with one attached hydrogen (secondary N) is 2. The second-order valence-electron chi connectivity index (χ2n) is 6.05. The van der Waals surface area contributed by atoms with E-state index in [9.17, 15) is 13.6 Å². The molecule has 8 nitrogen and oxygen atoms in total. The van der Waals surface area contributed by atoms with Crippen molar-refractivity contribution in [3.05, 3.63) is 54.1 Å². The lowest BCUT2D eigenvalue weighted by atomic mass is 10.2. The molecule has 0 fully saturated rings. The molecule has 0 spiro atoms. The molecule has 0 unspecified atom stereocenters. The number of aromatic amines is 1. The average molecular weight is 430 g/mol. The van der Waals surface area contributed by atoms with Crippen LogP contribution in [0, 0.1) is 0 Å². The van der Waals surface area contributed by atoms with Crippen LogP contribution in [0.25, 0.3) is 17.5 Å². The molecule has 1 heterocycles. The molecule has 0 aliphatic heterocycles. The summed E-state index contributed by atoms with van der Waals surface area (Å²) in [4.78, 5) is 16.4. The van der Waals surface area contributed by atoms with Crippen LogP contribution in [0.1, 0.15) is 12.5 Å². The molecule has 2 aromatic carbocycles. The van der Waals surface area contributed by atoms with Crippen LogP contribution in [-0.4, -0.2) is 41.4 Å². The maximum absolute atomic E-state index is 12.5. The van der Waals surface area contributed by atoms with Crippen molar-refractivity contribution in [1.29, 1.82) is 0 Å². The lowest BCUT2D eigenvalue weighted by molar-refractivity contribution is -0.111. The van der Waals surface area contributed by atoms with Crippen LogP contribution < -0.4 is 19.5 Å². The summed E-state index contributed by atoms with van der Waals surface area (Å²) < 4.78 is 40.0. The highest BCUT2D eigenvalue weighted by atomic mass is 19.3. The van der Waals surface area contributed by atoms with Crippen molar-refractivity contribution in [3.8, 4) is 28.6 Å². The molecule has 0 radical (unpaired) electrons.